The van der Waals surface area contributed by atoms with Gasteiger partial charge in [0.25, 0.3) is 0 Å². The number of benzene rings is 1. The van der Waals surface area contributed by atoms with E-state index in [1.807, 2.05) is 19.0 Å². The van der Waals surface area contributed by atoms with E-state index in [2.05, 4.69) is 56.8 Å². The first-order chi connectivity index (χ1) is 10.6. The third kappa shape index (κ3) is 3.58. The summed E-state index contributed by atoms with van der Waals surface area (Å²) in [6, 6.07) is 6.35. The number of aromatic nitrogens is 1. The zero-order valence-corrected chi connectivity index (χ0v) is 15.3. The second-order valence-electron chi connectivity index (χ2n) is 7.45. The number of carbonyl (C=O) groups is 1. The first-order valence-corrected chi connectivity index (χ1v) is 7.98. The lowest BCUT2D eigenvalue weighted by Gasteiger charge is -2.21. The molecule has 0 fully saturated rings. The van der Waals surface area contributed by atoms with Gasteiger partial charge in [-0.05, 0) is 36.7 Å². The Morgan fingerprint density at radius 3 is 2.48 bits per heavy atom. The minimum Gasteiger partial charge on any atom is -0.468 e. The lowest BCUT2D eigenvalue weighted by atomic mass is 9.86. The van der Waals surface area contributed by atoms with Crippen molar-refractivity contribution in [3.05, 3.63) is 35.5 Å². The molecule has 2 aromatic rings. The smallest absolute Gasteiger partial charge is 0.323 e. The number of aryl methyl sites for hydroxylation is 1. The summed E-state index contributed by atoms with van der Waals surface area (Å²) in [4.78, 5) is 13.9. The van der Waals surface area contributed by atoms with Crippen LogP contribution in [0.25, 0.3) is 10.9 Å². The molecule has 4 heteroatoms. The maximum Gasteiger partial charge on any atom is 0.323 e. The number of carbonyl (C=O) groups excluding carboxylic acids is 1. The van der Waals surface area contributed by atoms with E-state index in [1.165, 1.54) is 29.1 Å². The Kier molecular flexibility index (Phi) is 4.85. The number of rotatable bonds is 4. The molecular weight excluding hydrogens is 288 g/mol. The summed E-state index contributed by atoms with van der Waals surface area (Å²) in [5.74, 6) is -0.196. The van der Waals surface area contributed by atoms with Crippen LogP contribution in [0.2, 0.25) is 0 Å². The van der Waals surface area contributed by atoms with E-state index in [1.54, 1.807) is 0 Å². The summed E-state index contributed by atoms with van der Waals surface area (Å²) in [7, 11) is 7.31. The Morgan fingerprint density at radius 2 is 1.96 bits per heavy atom. The monoisotopic (exact) mass is 316 g/mol. The van der Waals surface area contributed by atoms with E-state index in [0.29, 0.717) is 6.42 Å². The highest BCUT2D eigenvalue weighted by Crippen LogP contribution is 2.29. The van der Waals surface area contributed by atoms with Crippen molar-refractivity contribution in [2.45, 2.75) is 38.6 Å². The van der Waals surface area contributed by atoms with E-state index in [0.717, 1.165) is 0 Å². The molecule has 1 unspecified atom stereocenters. The summed E-state index contributed by atoms with van der Waals surface area (Å²) in [6.07, 6.45) is 2.77. The first-order valence-electron chi connectivity index (χ1n) is 7.98. The van der Waals surface area contributed by atoms with Crippen molar-refractivity contribution in [2.24, 2.45) is 7.05 Å². The number of methoxy groups -OCH3 is 1. The SMILES string of the molecule is COC(=O)C(Cc1cn(C)c2cc(C(C)(C)C)ccc12)N(C)C. The molecule has 1 aromatic heterocycles. The number of likely N-dealkylation sites (N-methyl/N-ethyl adjacent to an activating group) is 1. The summed E-state index contributed by atoms with van der Waals surface area (Å²) < 4.78 is 7.08. The number of hydrogen-bond donors (Lipinski definition) is 0. The molecule has 0 amide bonds. The number of nitrogens with zero attached hydrogens (tertiary/aromatic N) is 2. The highest BCUT2D eigenvalue weighted by molar-refractivity contribution is 5.86. The average Bonchev–Trinajstić information content (AvgIpc) is 2.78. The van der Waals surface area contributed by atoms with Gasteiger partial charge in [-0.25, -0.2) is 0 Å². The van der Waals surface area contributed by atoms with E-state index < -0.39 is 0 Å². The van der Waals surface area contributed by atoms with Crippen LogP contribution in [0.4, 0.5) is 0 Å². The predicted octanol–water partition coefficient (Wildman–Crippen LogP) is 3.12. The second-order valence-corrected chi connectivity index (χ2v) is 7.45. The van der Waals surface area contributed by atoms with Gasteiger partial charge >= 0.3 is 5.97 Å². The van der Waals surface area contributed by atoms with Crippen molar-refractivity contribution < 1.29 is 9.53 Å². The lowest BCUT2D eigenvalue weighted by molar-refractivity contribution is -0.145. The molecule has 0 saturated carbocycles. The number of esters is 1. The number of fused-ring (bicyclic) bond motifs is 1. The Hall–Kier alpha value is -1.81. The topological polar surface area (TPSA) is 34.5 Å². The highest BCUT2D eigenvalue weighted by atomic mass is 16.5. The van der Waals surface area contributed by atoms with Gasteiger partial charge in [0.2, 0.25) is 0 Å². The molecule has 0 N–H and O–H groups in total. The van der Waals surface area contributed by atoms with Gasteiger partial charge in [-0.15, -0.1) is 0 Å². The molecule has 1 atom stereocenters. The molecule has 2 rings (SSSR count). The van der Waals surface area contributed by atoms with Crippen LogP contribution in [0.15, 0.2) is 24.4 Å². The highest BCUT2D eigenvalue weighted by Gasteiger charge is 2.24. The van der Waals surface area contributed by atoms with Crippen LogP contribution in [0.1, 0.15) is 31.9 Å². The molecule has 23 heavy (non-hydrogen) atoms. The van der Waals surface area contributed by atoms with Crippen molar-refractivity contribution in [2.75, 3.05) is 21.2 Å². The Morgan fingerprint density at radius 1 is 1.30 bits per heavy atom. The number of hydrogen-bond acceptors (Lipinski definition) is 3. The van der Waals surface area contributed by atoms with Crippen LogP contribution in [0.3, 0.4) is 0 Å². The average molecular weight is 316 g/mol. The van der Waals surface area contributed by atoms with E-state index in [4.69, 9.17) is 4.74 Å². The third-order valence-corrected chi connectivity index (χ3v) is 4.45. The molecular formula is C19H28N2O2. The Labute approximate surface area is 139 Å². The van der Waals surface area contributed by atoms with Gasteiger partial charge in [-0.3, -0.25) is 9.69 Å². The summed E-state index contributed by atoms with van der Waals surface area (Å²) in [5, 5.41) is 1.20. The molecule has 0 bridgehead atoms. The predicted molar refractivity (Wildman–Crippen MR) is 94.8 cm³/mol. The Bertz CT molecular complexity index is 708. The van der Waals surface area contributed by atoms with Crippen molar-refractivity contribution in [1.29, 1.82) is 0 Å². The molecule has 1 heterocycles. The summed E-state index contributed by atoms with van der Waals surface area (Å²) >= 11 is 0. The van der Waals surface area contributed by atoms with Crippen LogP contribution >= 0.6 is 0 Å². The van der Waals surface area contributed by atoms with E-state index in [9.17, 15) is 4.79 Å². The van der Waals surface area contributed by atoms with E-state index >= 15 is 0 Å². The molecule has 0 aliphatic heterocycles. The van der Waals surface area contributed by atoms with Gasteiger partial charge in [0.1, 0.15) is 6.04 Å². The molecule has 0 saturated heterocycles. The minimum atomic E-state index is -0.270. The third-order valence-electron chi connectivity index (χ3n) is 4.45. The standard InChI is InChI=1S/C19H28N2O2/c1-19(2,3)14-8-9-15-13(12-21(6)16(15)11-14)10-17(20(4)5)18(22)23-7/h8-9,11-12,17H,10H2,1-7H3. The lowest BCUT2D eigenvalue weighted by Crippen LogP contribution is -2.38. The van der Waals surface area contributed by atoms with Gasteiger partial charge in [0.05, 0.1) is 7.11 Å². The van der Waals surface area contributed by atoms with Gasteiger partial charge in [-0.2, -0.15) is 0 Å². The molecule has 0 aliphatic carbocycles. The van der Waals surface area contributed by atoms with Gasteiger partial charge in [0.15, 0.2) is 0 Å². The van der Waals surface area contributed by atoms with Crippen LogP contribution in [0, 0.1) is 0 Å². The van der Waals surface area contributed by atoms with E-state index in [-0.39, 0.29) is 17.4 Å². The quantitative estimate of drug-likeness (QED) is 0.813. The van der Waals surface area contributed by atoms with Crippen LogP contribution in [-0.4, -0.2) is 42.7 Å². The molecule has 0 spiro atoms. The zero-order valence-electron chi connectivity index (χ0n) is 15.3. The molecule has 0 aliphatic rings. The molecule has 126 valence electrons. The Balaban J connectivity index is 2.45. The fourth-order valence-electron chi connectivity index (χ4n) is 2.92. The van der Waals surface area contributed by atoms with Gasteiger partial charge < -0.3 is 9.30 Å². The van der Waals surface area contributed by atoms with Crippen molar-refractivity contribution in [3.63, 3.8) is 0 Å². The maximum atomic E-state index is 12.0. The van der Waals surface area contributed by atoms with Gasteiger partial charge in [0, 0.05) is 30.6 Å². The fourth-order valence-corrected chi connectivity index (χ4v) is 2.92. The van der Waals surface area contributed by atoms with Crippen molar-refractivity contribution in [1.82, 2.24) is 9.47 Å². The zero-order chi connectivity index (χ0) is 17.4. The molecule has 0 radical (unpaired) electrons. The minimum absolute atomic E-state index is 0.122. The fraction of sp³-hybridized carbons (Fsp3) is 0.526. The van der Waals surface area contributed by atoms with Crippen LogP contribution < -0.4 is 0 Å². The van der Waals surface area contributed by atoms with Crippen LogP contribution in [-0.2, 0) is 28.4 Å². The summed E-state index contributed by atoms with van der Waals surface area (Å²) in [5.41, 5.74) is 3.81. The number of ether oxygens (including phenoxy) is 1. The van der Waals surface area contributed by atoms with Crippen LogP contribution in [0.5, 0.6) is 0 Å². The van der Waals surface area contributed by atoms with Crippen molar-refractivity contribution in [3.8, 4) is 0 Å². The van der Waals surface area contributed by atoms with Gasteiger partial charge in [-0.1, -0.05) is 32.9 Å². The molecule has 1 aromatic carbocycles. The summed E-state index contributed by atoms with van der Waals surface area (Å²) in [6.45, 7) is 6.66. The first kappa shape index (κ1) is 17.5. The largest absolute Gasteiger partial charge is 0.468 e. The maximum absolute atomic E-state index is 12.0. The molecule has 4 nitrogen and oxygen atoms in total. The second kappa shape index (κ2) is 6.36. The normalized spacial score (nSPS) is 13.6. The van der Waals surface area contributed by atoms with Crippen molar-refractivity contribution >= 4 is 16.9 Å².